The molecule has 2 rings (SSSR count). The van der Waals surface area contributed by atoms with Gasteiger partial charge in [-0.05, 0) is 17.7 Å². The van der Waals surface area contributed by atoms with E-state index < -0.39 is 0 Å². The van der Waals surface area contributed by atoms with Crippen LogP contribution < -0.4 is 20.7 Å². The zero-order valence-electron chi connectivity index (χ0n) is 11.3. The summed E-state index contributed by atoms with van der Waals surface area (Å²) in [6.45, 7) is 0. The largest absolute Gasteiger partial charge is 0.493 e. The first-order chi connectivity index (χ1) is 9.19. The number of imidazole rings is 1. The number of aryl methyl sites for hydroxylation is 1. The number of nitrogens with two attached hydrogens (primary N) is 1. The topological polar surface area (TPSA) is 74.3 Å². The van der Waals surface area contributed by atoms with Gasteiger partial charge >= 0.3 is 0 Å². The van der Waals surface area contributed by atoms with Gasteiger partial charge in [0, 0.05) is 13.2 Å². The van der Waals surface area contributed by atoms with Crippen molar-refractivity contribution in [3.8, 4) is 11.5 Å². The van der Waals surface area contributed by atoms with Crippen molar-refractivity contribution in [1.82, 2.24) is 15.0 Å². The van der Waals surface area contributed by atoms with Gasteiger partial charge in [-0.3, -0.25) is 5.84 Å². The molecule has 0 aliphatic rings. The third-order valence-corrected chi connectivity index (χ3v) is 2.93. The maximum atomic E-state index is 5.64. The maximum absolute atomic E-state index is 5.64. The number of methoxy groups -OCH3 is 2. The van der Waals surface area contributed by atoms with E-state index in [2.05, 4.69) is 10.4 Å². The van der Waals surface area contributed by atoms with Crippen LogP contribution in [0.25, 0.3) is 0 Å². The zero-order chi connectivity index (χ0) is 13.8. The second kappa shape index (κ2) is 5.73. The van der Waals surface area contributed by atoms with E-state index in [1.54, 1.807) is 20.5 Å². The molecular formula is C13H18N4O2. The molecule has 0 aliphatic heterocycles. The minimum atomic E-state index is -0.194. The highest BCUT2D eigenvalue weighted by Crippen LogP contribution is 2.31. The van der Waals surface area contributed by atoms with Crippen molar-refractivity contribution in [3.63, 3.8) is 0 Å². The van der Waals surface area contributed by atoms with Crippen molar-refractivity contribution in [2.45, 2.75) is 6.04 Å². The lowest BCUT2D eigenvalue weighted by atomic mass is 10.0. The zero-order valence-corrected chi connectivity index (χ0v) is 11.3. The number of nitrogens with one attached hydrogen (secondary N) is 1. The first-order valence-electron chi connectivity index (χ1n) is 5.85. The van der Waals surface area contributed by atoms with Crippen LogP contribution in [0.4, 0.5) is 0 Å². The summed E-state index contributed by atoms with van der Waals surface area (Å²) in [6, 6.07) is 5.47. The second-order valence-electron chi connectivity index (χ2n) is 4.18. The highest BCUT2D eigenvalue weighted by atomic mass is 16.5. The van der Waals surface area contributed by atoms with Crippen LogP contribution in [0.5, 0.6) is 11.5 Å². The average Bonchev–Trinajstić information content (AvgIpc) is 2.86. The Kier molecular flexibility index (Phi) is 4.03. The molecule has 19 heavy (non-hydrogen) atoms. The molecule has 1 aromatic carbocycles. The second-order valence-corrected chi connectivity index (χ2v) is 4.18. The highest BCUT2D eigenvalue weighted by Gasteiger charge is 2.17. The Labute approximate surface area is 112 Å². The normalized spacial score (nSPS) is 12.2. The minimum Gasteiger partial charge on any atom is -0.493 e. The first kappa shape index (κ1) is 13.4. The Morgan fingerprint density at radius 3 is 2.53 bits per heavy atom. The minimum absolute atomic E-state index is 0.194. The Bertz CT molecular complexity index is 553. The maximum Gasteiger partial charge on any atom is 0.161 e. The molecule has 6 heteroatoms. The van der Waals surface area contributed by atoms with E-state index in [0.717, 1.165) is 11.3 Å². The molecule has 0 radical (unpaired) electrons. The molecule has 1 atom stereocenters. The van der Waals surface area contributed by atoms with Crippen LogP contribution in [0.2, 0.25) is 0 Å². The van der Waals surface area contributed by atoms with Crippen molar-refractivity contribution in [2.24, 2.45) is 12.9 Å². The number of rotatable bonds is 5. The van der Waals surface area contributed by atoms with Crippen LogP contribution in [0, 0.1) is 0 Å². The Morgan fingerprint density at radius 2 is 2.00 bits per heavy atom. The van der Waals surface area contributed by atoms with Crippen LogP contribution >= 0.6 is 0 Å². The number of aromatic nitrogens is 2. The van der Waals surface area contributed by atoms with E-state index in [0.29, 0.717) is 11.5 Å². The number of hydrogen-bond acceptors (Lipinski definition) is 5. The van der Waals surface area contributed by atoms with E-state index in [1.165, 1.54) is 0 Å². The molecule has 1 heterocycles. The van der Waals surface area contributed by atoms with Gasteiger partial charge in [0.2, 0.25) is 0 Å². The van der Waals surface area contributed by atoms with E-state index in [4.69, 9.17) is 15.3 Å². The van der Waals surface area contributed by atoms with Gasteiger partial charge in [-0.1, -0.05) is 6.07 Å². The van der Waals surface area contributed by atoms with E-state index in [-0.39, 0.29) is 6.04 Å². The summed E-state index contributed by atoms with van der Waals surface area (Å²) in [5.74, 6) is 6.98. The van der Waals surface area contributed by atoms with Gasteiger partial charge < -0.3 is 14.0 Å². The summed E-state index contributed by atoms with van der Waals surface area (Å²) in [5.41, 5.74) is 4.57. The lowest BCUT2D eigenvalue weighted by Crippen LogP contribution is -2.29. The van der Waals surface area contributed by atoms with Gasteiger partial charge in [0.15, 0.2) is 11.5 Å². The third-order valence-electron chi connectivity index (χ3n) is 2.93. The molecule has 3 N–H and O–H groups in total. The molecule has 6 nitrogen and oxygen atoms in total. The quantitative estimate of drug-likeness (QED) is 0.621. The van der Waals surface area contributed by atoms with Crippen molar-refractivity contribution >= 4 is 0 Å². The standard InChI is InChI=1S/C13H18N4O2/c1-17-7-10(15-8-17)13(16-14)9-4-5-11(18-2)12(6-9)19-3/h4-8,13,16H,14H2,1-3H3. The fraction of sp³-hybridized carbons (Fsp3) is 0.308. The average molecular weight is 262 g/mol. The van der Waals surface area contributed by atoms with Crippen LogP contribution in [0.15, 0.2) is 30.7 Å². The third kappa shape index (κ3) is 2.69. The van der Waals surface area contributed by atoms with Crippen molar-refractivity contribution in [3.05, 3.63) is 42.0 Å². The summed E-state index contributed by atoms with van der Waals surface area (Å²) in [5, 5.41) is 0. The number of ether oxygens (including phenoxy) is 2. The van der Waals surface area contributed by atoms with E-state index in [1.807, 2.05) is 36.0 Å². The van der Waals surface area contributed by atoms with Crippen molar-refractivity contribution < 1.29 is 9.47 Å². The molecule has 0 aliphatic carbocycles. The van der Waals surface area contributed by atoms with Crippen molar-refractivity contribution in [1.29, 1.82) is 0 Å². The molecule has 0 saturated heterocycles. The van der Waals surface area contributed by atoms with Crippen LogP contribution in [-0.2, 0) is 7.05 Å². The predicted octanol–water partition coefficient (Wildman–Crippen LogP) is 0.990. The fourth-order valence-corrected chi connectivity index (χ4v) is 1.97. The Balaban J connectivity index is 2.38. The van der Waals surface area contributed by atoms with Gasteiger partial charge in [0.25, 0.3) is 0 Å². The first-order valence-corrected chi connectivity index (χ1v) is 5.85. The van der Waals surface area contributed by atoms with E-state index in [9.17, 15) is 0 Å². The molecule has 0 saturated carbocycles. The monoisotopic (exact) mass is 262 g/mol. The molecule has 1 aromatic heterocycles. The van der Waals surface area contributed by atoms with Gasteiger partial charge in [0.1, 0.15) is 0 Å². The molecule has 102 valence electrons. The summed E-state index contributed by atoms with van der Waals surface area (Å²) in [4.78, 5) is 4.31. The molecular weight excluding hydrogens is 244 g/mol. The van der Waals surface area contributed by atoms with Gasteiger partial charge in [0.05, 0.1) is 32.3 Å². The molecule has 0 fully saturated rings. The lowest BCUT2D eigenvalue weighted by molar-refractivity contribution is 0.354. The summed E-state index contributed by atoms with van der Waals surface area (Å²) in [6.07, 6.45) is 3.65. The molecule has 2 aromatic rings. The fourth-order valence-electron chi connectivity index (χ4n) is 1.97. The SMILES string of the molecule is COc1ccc(C(NN)c2cn(C)cn2)cc1OC. The Hall–Kier alpha value is -2.05. The van der Waals surface area contributed by atoms with Crippen LogP contribution in [0.3, 0.4) is 0 Å². The predicted molar refractivity (Wildman–Crippen MR) is 71.9 cm³/mol. The Morgan fingerprint density at radius 1 is 1.26 bits per heavy atom. The number of hydrogen-bond donors (Lipinski definition) is 2. The van der Waals surface area contributed by atoms with Crippen LogP contribution in [-0.4, -0.2) is 23.8 Å². The number of benzene rings is 1. The molecule has 0 spiro atoms. The smallest absolute Gasteiger partial charge is 0.161 e. The summed E-state index contributed by atoms with van der Waals surface area (Å²) >= 11 is 0. The summed E-state index contributed by atoms with van der Waals surface area (Å²) < 4.78 is 12.4. The lowest BCUT2D eigenvalue weighted by Gasteiger charge is -2.16. The number of nitrogens with zero attached hydrogens (tertiary/aromatic N) is 2. The molecule has 0 amide bonds. The highest BCUT2D eigenvalue weighted by molar-refractivity contribution is 5.45. The summed E-state index contributed by atoms with van der Waals surface area (Å²) in [7, 11) is 5.13. The van der Waals surface area contributed by atoms with E-state index >= 15 is 0 Å². The van der Waals surface area contributed by atoms with Crippen molar-refractivity contribution in [2.75, 3.05) is 14.2 Å². The van der Waals surface area contributed by atoms with Crippen LogP contribution in [0.1, 0.15) is 17.3 Å². The van der Waals surface area contributed by atoms with Gasteiger partial charge in [-0.2, -0.15) is 0 Å². The molecule has 0 bridgehead atoms. The van der Waals surface area contributed by atoms with Gasteiger partial charge in [-0.15, -0.1) is 0 Å². The number of hydrazine groups is 1. The van der Waals surface area contributed by atoms with Gasteiger partial charge in [-0.25, -0.2) is 10.4 Å². The molecule has 1 unspecified atom stereocenters.